The van der Waals surface area contributed by atoms with Crippen molar-refractivity contribution < 1.29 is 33.4 Å². The standard InChI is InChI=1S/C46H70N8O7/c1-10-36-42(56)52(8)37-27-47-44(51-40(37)54(36)32-13-11-12-14-32)49-34-18-16-30(26-39(34)59-9)41(55)48-31-19-22-53(23-20-31)24-21-35(50-45(58)61-46(5,6)7)43(57)60-38-25-29(4)15-17-33(38)28(2)3/h16,18,26-29,31-33,35-36,38H,10-15,17,19-25H2,1-9H3,(H,48,55)(H,50,58)(H,47,49,51)/t29-,33?,35+,36-,38-/m1/s1. The molecule has 2 aliphatic carbocycles. The number of alkyl carbamates (subject to hydrolysis) is 1. The number of amides is 3. The lowest BCUT2D eigenvalue weighted by molar-refractivity contribution is -0.158. The number of fused-ring (bicyclic) bond motifs is 1. The smallest absolute Gasteiger partial charge is 0.408 e. The fourth-order valence-corrected chi connectivity index (χ4v) is 9.56. The second-order valence-electron chi connectivity index (χ2n) is 19.0. The van der Waals surface area contributed by atoms with E-state index in [0.717, 1.165) is 76.7 Å². The third kappa shape index (κ3) is 11.4. The summed E-state index contributed by atoms with van der Waals surface area (Å²) in [6.45, 7) is 16.0. The number of carbonyl (C=O) groups is 4. The lowest BCUT2D eigenvalue weighted by atomic mass is 9.75. The molecule has 3 fully saturated rings. The fraction of sp³-hybridized carbons (Fsp3) is 0.696. The van der Waals surface area contributed by atoms with Crippen molar-refractivity contribution in [3.8, 4) is 5.75 Å². The zero-order chi connectivity index (χ0) is 44.0. The molecule has 0 bridgehead atoms. The second kappa shape index (κ2) is 20.0. The van der Waals surface area contributed by atoms with Crippen LogP contribution in [0.2, 0.25) is 0 Å². The van der Waals surface area contributed by atoms with E-state index in [1.54, 1.807) is 64.2 Å². The minimum absolute atomic E-state index is 0.0295. The number of hydrogen-bond acceptors (Lipinski definition) is 12. The Morgan fingerprint density at radius 1 is 1.02 bits per heavy atom. The Kier molecular flexibility index (Phi) is 15.1. The molecule has 2 aromatic rings. The molecular formula is C46H70N8O7. The molecule has 2 saturated carbocycles. The molecule has 61 heavy (non-hydrogen) atoms. The number of ether oxygens (including phenoxy) is 3. The predicted molar refractivity (Wildman–Crippen MR) is 236 cm³/mol. The molecule has 1 unspecified atom stereocenters. The highest BCUT2D eigenvalue weighted by Gasteiger charge is 2.41. The van der Waals surface area contributed by atoms with Crippen LogP contribution in [0.4, 0.5) is 27.9 Å². The number of benzene rings is 1. The van der Waals surface area contributed by atoms with E-state index in [4.69, 9.17) is 19.2 Å². The van der Waals surface area contributed by atoms with Crippen LogP contribution in [0.15, 0.2) is 24.4 Å². The maximum atomic E-state index is 13.7. The van der Waals surface area contributed by atoms with Crippen molar-refractivity contribution in [3.63, 3.8) is 0 Å². The number of anilines is 4. The Hall–Kier alpha value is -4.66. The minimum atomic E-state index is -0.837. The molecule has 1 aromatic carbocycles. The molecule has 2 aliphatic heterocycles. The van der Waals surface area contributed by atoms with Crippen molar-refractivity contribution in [1.82, 2.24) is 25.5 Å². The van der Waals surface area contributed by atoms with Gasteiger partial charge in [-0.05, 0) is 108 Å². The van der Waals surface area contributed by atoms with Crippen molar-refractivity contribution in [1.29, 1.82) is 0 Å². The number of piperidine rings is 1. The predicted octanol–water partition coefficient (Wildman–Crippen LogP) is 7.21. The number of carbonyl (C=O) groups excluding carboxylic acids is 4. The first-order valence-corrected chi connectivity index (χ1v) is 22.7. The molecule has 5 atom stereocenters. The van der Waals surface area contributed by atoms with E-state index < -0.39 is 23.7 Å². The molecule has 3 heterocycles. The van der Waals surface area contributed by atoms with Crippen LogP contribution in [0.3, 0.4) is 0 Å². The van der Waals surface area contributed by atoms with Gasteiger partial charge in [-0.15, -0.1) is 0 Å². The SMILES string of the molecule is CC[C@@H]1C(=O)N(C)c2cnc(Nc3ccc(C(=O)NC4CCN(CC[C@H](NC(=O)OC(C)(C)C)C(=O)O[C@@H]5C[C@H](C)CCC5C(C)C)CC4)cc3OC)nc2N1C1CCCC1. The van der Waals surface area contributed by atoms with Crippen molar-refractivity contribution in [2.75, 3.05) is 48.9 Å². The van der Waals surface area contributed by atoms with E-state index in [-0.39, 0.29) is 36.0 Å². The lowest BCUT2D eigenvalue weighted by Gasteiger charge is -2.43. The monoisotopic (exact) mass is 847 g/mol. The maximum Gasteiger partial charge on any atom is 0.408 e. The van der Waals surface area contributed by atoms with Crippen LogP contribution in [-0.2, 0) is 19.1 Å². The number of rotatable bonds is 14. The Bertz CT molecular complexity index is 1850. The quantitative estimate of drug-likeness (QED) is 0.164. The van der Waals surface area contributed by atoms with E-state index in [0.29, 0.717) is 65.8 Å². The minimum Gasteiger partial charge on any atom is -0.495 e. The number of nitrogens with zero attached hydrogens (tertiary/aromatic N) is 5. The van der Waals surface area contributed by atoms with Crippen LogP contribution >= 0.6 is 0 Å². The summed E-state index contributed by atoms with van der Waals surface area (Å²) >= 11 is 0. The van der Waals surface area contributed by atoms with Crippen molar-refractivity contribution in [2.45, 2.75) is 155 Å². The maximum absolute atomic E-state index is 13.7. The molecule has 3 N–H and O–H groups in total. The first-order valence-electron chi connectivity index (χ1n) is 22.7. The molecule has 1 saturated heterocycles. The van der Waals surface area contributed by atoms with E-state index in [9.17, 15) is 19.2 Å². The summed E-state index contributed by atoms with van der Waals surface area (Å²) in [7, 11) is 3.35. The highest BCUT2D eigenvalue weighted by molar-refractivity contribution is 6.04. The Balaban J connectivity index is 1.04. The summed E-state index contributed by atoms with van der Waals surface area (Å²) < 4.78 is 17.4. The average molecular weight is 847 g/mol. The number of hydrogen-bond donors (Lipinski definition) is 3. The van der Waals surface area contributed by atoms with Gasteiger partial charge in [-0.2, -0.15) is 4.98 Å². The van der Waals surface area contributed by atoms with Gasteiger partial charge in [0, 0.05) is 44.3 Å². The lowest BCUT2D eigenvalue weighted by Crippen LogP contribution is -2.55. The Morgan fingerprint density at radius 2 is 1.74 bits per heavy atom. The van der Waals surface area contributed by atoms with Crippen LogP contribution in [0.25, 0.3) is 0 Å². The largest absolute Gasteiger partial charge is 0.495 e. The molecule has 336 valence electrons. The van der Waals surface area contributed by atoms with Crippen LogP contribution in [0.1, 0.15) is 129 Å². The number of likely N-dealkylation sites (tertiary alicyclic amines) is 1. The summed E-state index contributed by atoms with van der Waals surface area (Å²) in [5.41, 5.74) is 1.07. The molecule has 4 aliphatic rings. The number of methoxy groups -OCH3 is 1. The van der Waals surface area contributed by atoms with Gasteiger partial charge in [-0.25, -0.2) is 14.6 Å². The molecule has 15 heteroatoms. The van der Waals surface area contributed by atoms with E-state index >= 15 is 0 Å². The summed E-state index contributed by atoms with van der Waals surface area (Å²) in [5, 5.41) is 9.31. The van der Waals surface area contributed by atoms with Crippen LogP contribution in [0.5, 0.6) is 5.75 Å². The van der Waals surface area contributed by atoms with Gasteiger partial charge in [-0.3, -0.25) is 9.59 Å². The van der Waals surface area contributed by atoms with E-state index in [2.05, 4.69) is 51.5 Å². The molecule has 6 rings (SSSR count). The van der Waals surface area contributed by atoms with Crippen molar-refractivity contribution in [3.05, 3.63) is 30.0 Å². The first-order chi connectivity index (χ1) is 29.0. The van der Waals surface area contributed by atoms with Gasteiger partial charge in [-0.1, -0.05) is 47.0 Å². The topological polar surface area (TPSA) is 168 Å². The fourth-order valence-electron chi connectivity index (χ4n) is 9.56. The molecule has 0 radical (unpaired) electrons. The van der Waals surface area contributed by atoms with Gasteiger partial charge in [0.05, 0.1) is 19.0 Å². The summed E-state index contributed by atoms with van der Waals surface area (Å²) in [6, 6.07) is 4.38. The summed E-state index contributed by atoms with van der Waals surface area (Å²) in [5.74, 6) is 2.22. The molecule has 1 aromatic heterocycles. The van der Waals surface area contributed by atoms with Gasteiger partial charge in [0.15, 0.2) is 5.82 Å². The van der Waals surface area contributed by atoms with Gasteiger partial charge in [0.1, 0.15) is 35.2 Å². The van der Waals surface area contributed by atoms with Crippen LogP contribution in [0, 0.1) is 17.8 Å². The molecule has 15 nitrogen and oxygen atoms in total. The number of nitrogens with one attached hydrogen (secondary N) is 3. The number of esters is 1. The van der Waals surface area contributed by atoms with Gasteiger partial charge in [0.25, 0.3) is 5.91 Å². The van der Waals surface area contributed by atoms with Gasteiger partial charge < -0.3 is 44.9 Å². The van der Waals surface area contributed by atoms with E-state index in [1.807, 2.05) is 6.92 Å². The molecular weight excluding hydrogens is 777 g/mol. The van der Waals surface area contributed by atoms with Crippen LogP contribution in [-0.4, -0.2) is 108 Å². The highest BCUT2D eigenvalue weighted by Crippen LogP contribution is 2.41. The first kappa shape index (κ1) is 45.9. The average Bonchev–Trinajstić information content (AvgIpc) is 3.75. The third-order valence-corrected chi connectivity index (χ3v) is 13.0. The highest BCUT2D eigenvalue weighted by atomic mass is 16.6. The van der Waals surface area contributed by atoms with Crippen LogP contribution < -0.4 is 30.5 Å². The molecule has 3 amide bonds. The second-order valence-corrected chi connectivity index (χ2v) is 19.0. The summed E-state index contributed by atoms with van der Waals surface area (Å²) in [4.78, 5) is 69.1. The summed E-state index contributed by atoms with van der Waals surface area (Å²) in [6.07, 6.45) is 10.7. The zero-order valence-corrected chi connectivity index (χ0v) is 37.9. The number of aromatic nitrogens is 2. The normalized spacial score (nSPS) is 23.3. The number of likely N-dealkylation sites (N-methyl/N-ethyl adjacent to an activating group) is 1. The Labute approximate surface area is 362 Å². The van der Waals surface area contributed by atoms with Crippen molar-refractivity contribution in [2.24, 2.45) is 17.8 Å². The van der Waals surface area contributed by atoms with Crippen molar-refractivity contribution >= 4 is 47.0 Å². The van der Waals surface area contributed by atoms with E-state index in [1.165, 1.54) is 0 Å². The molecule has 0 spiro atoms. The van der Waals surface area contributed by atoms with Gasteiger partial charge >= 0.3 is 12.1 Å². The Morgan fingerprint density at radius 3 is 2.39 bits per heavy atom. The third-order valence-electron chi connectivity index (χ3n) is 13.0. The zero-order valence-electron chi connectivity index (χ0n) is 37.9. The van der Waals surface area contributed by atoms with Gasteiger partial charge in [0.2, 0.25) is 11.9 Å².